The van der Waals surface area contributed by atoms with Crippen molar-refractivity contribution in [1.82, 2.24) is 5.32 Å². The smallest absolute Gasteiger partial charge is 0.240 e. The Kier molecular flexibility index (Phi) is 5.45. The fourth-order valence-electron chi connectivity index (χ4n) is 2.20. The Morgan fingerprint density at radius 1 is 1.35 bits per heavy atom. The summed E-state index contributed by atoms with van der Waals surface area (Å²) < 4.78 is 0. The molecule has 4 heteroatoms. The highest BCUT2D eigenvalue weighted by Crippen LogP contribution is 2.25. The number of hydrogen-bond acceptors (Lipinski definition) is 2. The number of anilines is 1. The number of benzene rings is 1. The van der Waals surface area contributed by atoms with Crippen molar-refractivity contribution in [3.05, 3.63) is 29.8 Å². The van der Waals surface area contributed by atoms with E-state index in [0.29, 0.717) is 6.54 Å². The zero-order valence-electron chi connectivity index (χ0n) is 10.1. The molecule has 0 saturated heterocycles. The molecule has 17 heavy (non-hydrogen) atoms. The number of hydrogen-bond donors (Lipinski definition) is 1. The van der Waals surface area contributed by atoms with Crippen molar-refractivity contribution in [2.45, 2.75) is 19.3 Å². The van der Waals surface area contributed by atoms with Crippen LogP contribution in [0.2, 0.25) is 0 Å². The first-order valence-electron chi connectivity index (χ1n) is 5.86. The quantitative estimate of drug-likeness (QED) is 0.876. The zero-order chi connectivity index (χ0) is 11.4. The molecule has 0 bridgehead atoms. The van der Waals surface area contributed by atoms with Gasteiger partial charge in [-0.25, -0.2) is 0 Å². The van der Waals surface area contributed by atoms with Crippen LogP contribution in [0, 0.1) is 0 Å². The molecular weight excluding hydrogens is 236 g/mol. The average molecular weight is 255 g/mol. The maximum Gasteiger partial charge on any atom is 0.240 e. The largest absolute Gasteiger partial charge is 0.311 e. The van der Waals surface area contributed by atoms with Crippen molar-refractivity contribution < 1.29 is 4.79 Å². The Morgan fingerprint density at radius 2 is 2.12 bits per heavy atom. The molecule has 0 fully saturated rings. The molecule has 94 valence electrons. The molecule has 1 heterocycles. The Hall–Kier alpha value is -1.06. The monoisotopic (exact) mass is 254 g/mol. The summed E-state index contributed by atoms with van der Waals surface area (Å²) in [6, 6.07) is 8.23. The molecule has 2 rings (SSSR count). The average Bonchev–Trinajstić information content (AvgIpc) is 2.51. The third kappa shape index (κ3) is 3.20. The molecule has 1 aliphatic rings. The number of likely N-dealkylation sites (N-methyl/N-ethyl adjacent to an activating group) is 1. The van der Waals surface area contributed by atoms with E-state index in [2.05, 4.69) is 11.4 Å². The molecule has 1 N–H and O–H groups in total. The van der Waals surface area contributed by atoms with E-state index in [9.17, 15) is 4.79 Å². The van der Waals surface area contributed by atoms with E-state index in [1.165, 1.54) is 12.0 Å². The first-order chi connectivity index (χ1) is 7.83. The van der Waals surface area contributed by atoms with Crippen molar-refractivity contribution in [1.29, 1.82) is 0 Å². The van der Waals surface area contributed by atoms with Gasteiger partial charge in [-0.05, 0) is 37.9 Å². The SMILES string of the molecule is CNCC(=O)N1CCCCc2ccccc21.Cl. The van der Waals surface area contributed by atoms with Crippen LogP contribution in [-0.4, -0.2) is 26.0 Å². The summed E-state index contributed by atoms with van der Waals surface area (Å²) in [6.07, 6.45) is 3.34. The second-order valence-electron chi connectivity index (χ2n) is 4.16. The van der Waals surface area contributed by atoms with Gasteiger partial charge in [0.2, 0.25) is 5.91 Å². The molecule has 0 radical (unpaired) electrons. The van der Waals surface area contributed by atoms with Crippen molar-refractivity contribution >= 4 is 24.0 Å². The number of fused-ring (bicyclic) bond motifs is 1. The van der Waals surface area contributed by atoms with Gasteiger partial charge in [-0.2, -0.15) is 0 Å². The fourth-order valence-corrected chi connectivity index (χ4v) is 2.20. The number of rotatable bonds is 2. The van der Waals surface area contributed by atoms with E-state index in [1.807, 2.05) is 30.1 Å². The second kappa shape index (κ2) is 6.62. The minimum absolute atomic E-state index is 0. The standard InChI is InChI=1S/C13H18N2O.ClH/c1-14-10-13(16)15-9-5-4-7-11-6-2-3-8-12(11)15;/h2-3,6,8,14H,4-5,7,9-10H2,1H3;1H. The summed E-state index contributed by atoms with van der Waals surface area (Å²) in [5.74, 6) is 0.164. The molecular formula is C13H19ClN2O. The number of nitrogens with zero attached hydrogens (tertiary/aromatic N) is 1. The van der Waals surface area contributed by atoms with E-state index in [4.69, 9.17) is 0 Å². The van der Waals surface area contributed by atoms with Gasteiger partial charge in [-0.15, -0.1) is 12.4 Å². The highest BCUT2D eigenvalue weighted by molar-refractivity contribution is 5.95. The summed E-state index contributed by atoms with van der Waals surface area (Å²) in [5, 5.41) is 2.92. The van der Waals surface area contributed by atoms with Gasteiger partial charge in [0.1, 0.15) is 0 Å². The highest BCUT2D eigenvalue weighted by atomic mass is 35.5. The number of nitrogens with one attached hydrogen (secondary N) is 1. The van der Waals surface area contributed by atoms with Crippen LogP contribution in [0.1, 0.15) is 18.4 Å². The zero-order valence-corrected chi connectivity index (χ0v) is 10.9. The molecule has 1 aromatic rings. The van der Waals surface area contributed by atoms with Gasteiger partial charge in [0.25, 0.3) is 0 Å². The normalized spacial score (nSPS) is 14.5. The van der Waals surface area contributed by atoms with Crippen LogP contribution in [0.4, 0.5) is 5.69 Å². The van der Waals surface area contributed by atoms with Crippen molar-refractivity contribution in [3.8, 4) is 0 Å². The predicted octanol–water partition coefficient (Wildman–Crippen LogP) is 2.00. The van der Waals surface area contributed by atoms with Gasteiger partial charge in [0, 0.05) is 12.2 Å². The molecule has 1 aliphatic heterocycles. The molecule has 3 nitrogen and oxygen atoms in total. The molecule has 1 amide bonds. The Labute approximate surface area is 109 Å². The van der Waals surface area contributed by atoms with Crippen LogP contribution in [0.25, 0.3) is 0 Å². The summed E-state index contributed by atoms with van der Waals surface area (Å²) >= 11 is 0. The van der Waals surface area contributed by atoms with E-state index < -0.39 is 0 Å². The third-order valence-corrected chi connectivity index (χ3v) is 2.99. The van der Waals surface area contributed by atoms with Crippen LogP contribution in [0.3, 0.4) is 0 Å². The first kappa shape index (κ1) is 14.0. The van der Waals surface area contributed by atoms with Crippen molar-refractivity contribution in [2.75, 3.05) is 25.0 Å². The number of aryl methyl sites for hydroxylation is 1. The van der Waals surface area contributed by atoms with Gasteiger partial charge in [0.15, 0.2) is 0 Å². The van der Waals surface area contributed by atoms with Crippen LogP contribution in [0.15, 0.2) is 24.3 Å². The van der Waals surface area contributed by atoms with E-state index in [1.54, 1.807) is 0 Å². The molecule has 0 unspecified atom stereocenters. The number of amides is 1. The molecule has 0 atom stereocenters. The van der Waals surface area contributed by atoms with Gasteiger partial charge in [-0.1, -0.05) is 18.2 Å². The van der Waals surface area contributed by atoms with E-state index in [-0.39, 0.29) is 18.3 Å². The molecule has 0 aromatic heterocycles. The maximum absolute atomic E-state index is 12.0. The maximum atomic E-state index is 12.0. The van der Waals surface area contributed by atoms with Crippen molar-refractivity contribution in [3.63, 3.8) is 0 Å². The third-order valence-electron chi connectivity index (χ3n) is 2.99. The van der Waals surface area contributed by atoms with Gasteiger partial charge >= 0.3 is 0 Å². The van der Waals surface area contributed by atoms with Gasteiger partial charge in [0.05, 0.1) is 6.54 Å². The van der Waals surface area contributed by atoms with Crippen LogP contribution in [0.5, 0.6) is 0 Å². The molecule has 0 spiro atoms. The predicted molar refractivity (Wildman–Crippen MR) is 72.9 cm³/mol. The van der Waals surface area contributed by atoms with Gasteiger partial charge in [-0.3, -0.25) is 4.79 Å². The Balaban J connectivity index is 0.00000144. The van der Waals surface area contributed by atoms with Gasteiger partial charge < -0.3 is 10.2 Å². The van der Waals surface area contributed by atoms with Crippen LogP contribution in [-0.2, 0) is 11.2 Å². The minimum atomic E-state index is 0. The van der Waals surface area contributed by atoms with Crippen molar-refractivity contribution in [2.24, 2.45) is 0 Å². The summed E-state index contributed by atoms with van der Waals surface area (Å²) in [6.45, 7) is 1.26. The van der Waals surface area contributed by atoms with Crippen LogP contribution < -0.4 is 10.2 Å². The summed E-state index contributed by atoms with van der Waals surface area (Å²) in [7, 11) is 1.81. The van der Waals surface area contributed by atoms with E-state index in [0.717, 1.165) is 25.1 Å². The summed E-state index contributed by atoms with van der Waals surface area (Å²) in [4.78, 5) is 13.9. The molecule has 0 aliphatic carbocycles. The number of halogens is 1. The molecule has 1 aromatic carbocycles. The lowest BCUT2D eigenvalue weighted by atomic mass is 10.1. The number of carbonyl (C=O) groups is 1. The lowest BCUT2D eigenvalue weighted by Gasteiger charge is -2.22. The second-order valence-corrected chi connectivity index (χ2v) is 4.16. The Morgan fingerprint density at radius 3 is 2.88 bits per heavy atom. The summed E-state index contributed by atoms with van der Waals surface area (Å²) in [5.41, 5.74) is 2.39. The lowest BCUT2D eigenvalue weighted by Crippen LogP contribution is -2.37. The lowest BCUT2D eigenvalue weighted by molar-refractivity contribution is -0.117. The highest BCUT2D eigenvalue weighted by Gasteiger charge is 2.19. The van der Waals surface area contributed by atoms with E-state index >= 15 is 0 Å². The minimum Gasteiger partial charge on any atom is -0.311 e. The van der Waals surface area contributed by atoms with Crippen LogP contribution >= 0.6 is 12.4 Å². The number of para-hydroxylation sites is 1. The fraction of sp³-hybridized carbons (Fsp3) is 0.462. The Bertz CT molecular complexity index is 381. The molecule has 0 saturated carbocycles. The first-order valence-corrected chi connectivity index (χ1v) is 5.86. The topological polar surface area (TPSA) is 32.3 Å². The number of carbonyl (C=O) groups excluding carboxylic acids is 1.